The predicted octanol–water partition coefficient (Wildman–Crippen LogP) is 3.58. The summed E-state index contributed by atoms with van der Waals surface area (Å²) in [6, 6.07) is 16.5. The van der Waals surface area contributed by atoms with Gasteiger partial charge in [-0.2, -0.15) is 0 Å². The van der Waals surface area contributed by atoms with Crippen molar-refractivity contribution in [2.24, 2.45) is 0 Å². The highest BCUT2D eigenvalue weighted by Gasteiger charge is 2.24. The zero-order chi connectivity index (χ0) is 21.8. The summed E-state index contributed by atoms with van der Waals surface area (Å²) in [5, 5.41) is 9.76. The first-order valence-electron chi connectivity index (χ1n) is 10.6. The molecular formula is C24H34N4O2. The summed E-state index contributed by atoms with van der Waals surface area (Å²) < 4.78 is 0. The van der Waals surface area contributed by atoms with Crippen molar-refractivity contribution in [3.63, 3.8) is 0 Å². The van der Waals surface area contributed by atoms with Crippen LogP contribution >= 0.6 is 0 Å². The third-order valence-electron chi connectivity index (χ3n) is 6.18. The molecule has 2 atom stereocenters. The van der Waals surface area contributed by atoms with Gasteiger partial charge in [-0.05, 0) is 57.2 Å². The Morgan fingerprint density at radius 2 is 1.30 bits per heavy atom. The number of carbonyl (C=O) groups is 1. The maximum Gasteiger partial charge on any atom is 0.324 e. The van der Waals surface area contributed by atoms with Gasteiger partial charge in [0.2, 0.25) is 0 Å². The minimum Gasteiger partial charge on any atom is -0.391 e. The molecule has 0 aliphatic carbocycles. The summed E-state index contributed by atoms with van der Waals surface area (Å²) in [5.41, 5.74) is 4.58. The number of likely N-dealkylation sites (N-methyl/N-ethyl adjacent to an activating group) is 1. The molecule has 162 valence electrons. The van der Waals surface area contributed by atoms with Crippen LogP contribution in [0.5, 0.6) is 0 Å². The van der Waals surface area contributed by atoms with E-state index >= 15 is 0 Å². The number of aliphatic hydroxyl groups is 1. The quantitative estimate of drug-likeness (QED) is 0.819. The third-order valence-corrected chi connectivity index (χ3v) is 6.18. The first-order valence-corrected chi connectivity index (χ1v) is 10.6. The molecule has 0 aromatic heterocycles. The number of carbonyl (C=O) groups excluding carboxylic acids is 1. The second-order valence-electron chi connectivity index (χ2n) is 8.26. The number of nitrogens with zero attached hydrogens (tertiary/aromatic N) is 4. The molecule has 0 spiro atoms. The van der Waals surface area contributed by atoms with Crippen LogP contribution in [0.3, 0.4) is 0 Å². The fourth-order valence-electron chi connectivity index (χ4n) is 3.71. The molecule has 3 rings (SSSR count). The highest BCUT2D eigenvalue weighted by Crippen LogP contribution is 2.24. The van der Waals surface area contributed by atoms with Crippen LogP contribution in [0.2, 0.25) is 0 Å². The Morgan fingerprint density at radius 1 is 0.867 bits per heavy atom. The Balaban J connectivity index is 1.59. The largest absolute Gasteiger partial charge is 0.391 e. The smallest absolute Gasteiger partial charge is 0.324 e. The predicted molar refractivity (Wildman–Crippen MR) is 125 cm³/mol. The lowest BCUT2D eigenvalue weighted by Crippen LogP contribution is -2.47. The van der Waals surface area contributed by atoms with Crippen molar-refractivity contribution in [1.82, 2.24) is 4.90 Å². The Kier molecular flexibility index (Phi) is 6.87. The summed E-state index contributed by atoms with van der Waals surface area (Å²) in [7, 11) is 3.49. The van der Waals surface area contributed by atoms with Gasteiger partial charge < -0.3 is 19.8 Å². The number of rotatable bonds is 5. The third kappa shape index (κ3) is 4.87. The minimum absolute atomic E-state index is 0.136. The maximum atomic E-state index is 12.7. The van der Waals surface area contributed by atoms with Gasteiger partial charge in [0.25, 0.3) is 0 Å². The zero-order valence-electron chi connectivity index (χ0n) is 18.7. The van der Waals surface area contributed by atoms with Crippen LogP contribution in [-0.2, 0) is 0 Å². The fourth-order valence-corrected chi connectivity index (χ4v) is 3.71. The SMILES string of the molecule is Cc1ccc(N2CCN(c3ccc(N(C)C(=O)N(C)C(C)C(C)O)cc3)CC2)cc1. The molecule has 2 amide bonds. The Morgan fingerprint density at radius 3 is 1.73 bits per heavy atom. The van der Waals surface area contributed by atoms with Gasteiger partial charge in [0.15, 0.2) is 0 Å². The van der Waals surface area contributed by atoms with E-state index in [1.54, 1.807) is 30.8 Å². The number of anilines is 3. The molecule has 1 N–H and O–H groups in total. The second kappa shape index (κ2) is 9.39. The van der Waals surface area contributed by atoms with E-state index in [0.29, 0.717) is 0 Å². The molecule has 1 aliphatic heterocycles. The molecule has 2 aromatic rings. The molecule has 6 nitrogen and oxygen atoms in total. The molecule has 1 heterocycles. The number of aryl methyl sites for hydroxylation is 1. The van der Waals surface area contributed by atoms with Gasteiger partial charge in [0.1, 0.15) is 0 Å². The van der Waals surface area contributed by atoms with E-state index in [0.717, 1.165) is 31.9 Å². The van der Waals surface area contributed by atoms with Crippen molar-refractivity contribution in [2.45, 2.75) is 32.9 Å². The first-order chi connectivity index (χ1) is 14.3. The van der Waals surface area contributed by atoms with Crippen LogP contribution in [-0.4, -0.2) is 68.5 Å². The molecule has 6 heteroatoms. The lowest BCUT2D eigenvalue weighted by Gasteiger charge is -2.37. The maximum absolute atomic E-state index is 12.7. The number of benzene rings is 2. The van der Waals surface area contributed by atoms with Gasteiger partial charge in [0, 0.05) is 57.3 Å². The lowest BCUT2D eigenvalue weighted by molar-refractivity contribution is 0.101. The van der Waals surface area contributed by atoms with E-state index in [1.807, 2.05) is 19.1 Å². The Hall–Kier alpha value is -2.73. The zero-order valence-corrected chi connectivity index (χ0v) is 18.7. The van der Waals surface area contributed by atoms with E-state index in [-0.39, 0.29) is 12.1 Å². The van der Waals surface area contributed by atoms with Crippen LogP contribution < -0.4 is 14.7 Å². The van der Waals surface area contributed by atoms with Gasteiger partial charge in [0.05, 0.1) is 12.1 Å². The number of hydrogen-bond donors (Lipinski definition) is 1. The van der Waals surface area contributed by atoms with Crippen molar-refractivity contribution >= 4 is 23.1 Å². The van der Waals surface area contributed by atoms with Crippen LogP contribution in [0.15, 0.2) is 48.5 Å². The number of amides is 2. The van der Waals surface area contributed by atoms with Crippen molar-refractivity contribution < 1.29 is 9.90 Å². The van der Waals surface area contributed by atoms with Crippen molar-refractivity contribution in [3.05, 3.63) is 54.1 Å². The highest BCUT2D eigenvalue weighted by molar-refractivity contribution is 5.91. The van der Waals surface area contributed by atoms with Gasteiger partial charge in [-0.3, -0.25) is 4.90 Å². The van der Waals surface area contributed by atoms with Crippen LogP contribution in [0.25, 0.3) is 0 Å². The van der Waals surface area contributed by atoms with Gasteiger partial charge >= 0.3 is 6.03 Å². The molecule has 2 aromatic carbocycles. The van der Waals surface area contributed by atoms with Gasteiger partial charge in [-0.1, -0.05) is 17.7 Å². The molecule has 30 heavy (non-hydrogen) atoms. The van der Waals surface area contributed by atoms with Crippen LogP contribution in [0, 0.1) is 6.92 Å². The molecule has 1 saturated heterocycles. The first kappa shape index (κ1) is 22.0. The number of aliphatic hydroxyl groups excluding tert-OH is 1. The van der Waals surface area contributed by atoms with Crippen molar-refractivity contribution in [3.8, 4) is 0 Å². The van der Waals surface area contributed by atoms with E-state index in [4.69, 9.17) is 0 Å². The average Bonchev–Trinajstić information content (AvgIpc) is 2.77. The summed E-state index contributed by atoms with van der Waals surface area (Å²) >= 11 is 0. The monoisotopic (exact) mass is 410 g/mol. The standard InChI is InChI=1S/C24H34N4O2/c1-18-6-8-22(9-7-18)27-14-16-28(17-15-27)23-12-10-21(11-13-23)26(5)24(30)25(4)19(2)20(3)29/h6-13,19-20,29H,14-17H2,1-5H3. The highest BCUT2D eigenvalue weighted by atomic mass is 16.3. The molecule has 0 bridgehead atoms. The van der Waals surface area contributed by atoms with E-state index in [1.165, 1.54) is 16.9 Å². The number of piperazine rings is 1. The minimum atomic E-state index is -0.576. The Bertz CT molecular complexity index is 827. The van der Waals surface area contributed by atoms with E-state index in [9.17, 15) is 9.90 Å². The molecular weight excluding hydrogens is 376 g/mol. The second-order valence-corrected chi connectivity index (χ2v) is 8.26. The van der Waals surface area contributed by atoms with Crippen molar-refractivity contribution in [1.29, 1.82) is 0 Å². The average molecular weight is 411 g/mol. The summed E-state index contributed by atoms with van der Waals surface area (Å²) in [6.45, 7) is 9.57. The summed E-state index contributed by atoms with van der Waals surface area (Å²) in [5.74, 6) is 0. The van der Waals surface area contributed by atoms with Crippen LogP contribution in [0.4, 0.5) is 21.9 Å². The molecule has 1 fully saturated rings. The topological polar surface area (TPSA) is 50.3 Å². The lowest BCUT2D eigenvalue weighted by atomic mass is 10.2. The summed E-state index contributed by atoms with van der Waals surface area (Å²) in [6.07, 6.45) is -0.576. The number of hydrogen-bond acceptors (Lipinski definition) is 4. The van der Waals surface area contributed by atoms with Gasteiger partial charge in [-0.25, -0.2) is 4.79 Å². The Labute approximate surface area is 180 Å². The molecule has 2 unspecified atom stereocenters. The summed E-state index contributed by atoms with van der Waals surface area (Å²) in [4.78, 5) is 20.7. The number of urea groups is 1. The van der Waals surface area contributed by atoms with Gasteiger partial charge in [-0.15, -0.1) is 0 Å². The van der Waals surface area contributed by atoms with E-state index in [2.05, 4.69) is 53.1 Å². The fraction of sp³-hybridized carbons (Fsp3) is 0.458. The molecule has 0 saturated carbocycles. The molecule has 0 radical (unpaired) electrons. The van der Waals surface area contributed by atoms with E-state index < -0.39 is 6.10 Å². The molecule has 1 aliphatic rings. The van der Waals surface area contributed by atoms with Crippen molar-refractivity contribution in [2.75, 3.05) is 55.0 Å². The van der Waals surface area contributed by atoms with Crippen LogP contribution in [0.1, 0.15) is 19.4 Å². The normalized spacial score (nSPS) is 16.2.